The van der Waals surface area contributed by atoms with E-state index in [1.54, 1.807) is 12.1 Å². The molecule has 2 heterocycles. The highest BCUT2D eigenvalue weighted by atomic mass is 16.6. The Balaban J connectivity index is 1.20. The molecule has 8 nitrogen and oxygen atoms in total. The predicted molar refractivity (Wildman–Crippen MR) is 98.7 cm³/mol. The van der Waals surface area contributed by atoms with E-state index in [1.807, 2.05) is 36.4 Å². The molecule has 2 aliphatic heterocycles. The van der Waals surface area contributed by atoms with E-state index < -0.39 is 11.8 Å². The van der Waals surface area contributed by atoms with Crippen LogP contribution in [0.5, 0.6) is 23.0 Å². The third kappa shape index (κ3) is 4.11. The van der Waals surface area contributed by atoms with Crippen molar-refractivity contribution in [2.45, 2.75) is 12.2 Å². The number of benzene rings is 2. The second kappa shape index (κ2) is 8.08. The summed E-state index contributed by atoms with van der Waals surface area (Å²) >= 11 is 0. The normalized spacial score (nSPS) is 19.4. The quantitative estimate of drug-likeness (QED) is 0.761. The van der Waals surface area contributed by atoms with Crippen molar-refractivity contribution < 1.29 is 28.5 Å². The molecule has 2 N–H and O–H groups in total. The van der Waals surface area contributed by atoms with Crippen LogP contribution >= 0.6 is 0 Å². The smallest absolute Gasteiger partial charge is 0.309 e. The first-order valence-corrected chi connectivity index (χ1v) is 9.02. The monoisotopic (exact) mass is 384 g/mol. The minimum Gasteiger partial charge on any atom is -0.486 e. The van der Waals surface area contributed by atoms with Crippen LogP contribution in [0.25, 0.3) is 0 Å². The first-order chi connectivity index (χ1) is 13.7. The summed E-state index contributed by atoms with van der Waals surface area (Å²) in [6.45, 7) is 0.922. The standard InChI is InChI=1S/C20H20N2O6/c23-19(21-9-13-11-25-15-5-1-3-7-17(15)27-13)20(24)22-10-14-12-26-16-6-2-4-8-18(16)28-14/h1-8,13-14H,9-12H2,(H,21,23)(H,22,24). The number of rotatable bonds is 4. The molecule has 4 rings (SSSR count). The minimum atomic E-state index is -0.736. The van der Waals surface area contributed by atoms with Crippen molar-refractivity contribution in [1.82, 2.24) is 10.6 Å². The molecule has 2 aromatic carbocycles. The van der Waals surface area contributed by atoms with E-state index >= 15 is 0 Å². The van der Waals surface area contributed by atoms with E-state index in [-0.39, 0.29) is 25.3 Å². The van der Waals surface area contributed by atoms with Gasteiger partial charge in [-0.3, -0.25) is 9.59 Å². The second-order valence-corrected chi connectivity index (χ2v) is 6.42. The number of para-hydroxylation sites is 4. The lowest BCUT2D eigenvalue weighted by Gasteiger charge is -2.27. The maximum atomic E-state index is 12.0. The maximum Gasteiger partial charge on any atom is 0.309 e. The molecule has 28 heavy (non-hydrogen) atoms. The van der Waals surface area contributed by atoms with Crippen molar-refractivity contribution in [2.75, 3.05) is 26.3 Å². The topological polar surface area (TPSA) is 95.1 Å². The molecule has 2 atom stereocenters. The second-order valence-electron chi connectivity index (χ2n) is 6.42. The Kier molecular flexibility index (Phi) is 5.18. The van der Waals surface area contributed by atoms with Crippen LogP contribution < -0.4 is 29.6 Å². The zero-order valence-electron chi connectivity index (χ0n) is 15.1. The van der Waals surface area contributed by atoms with Crippen molar-refractivity contribution in [3.63, 3.8) is 0 Å². The van der Waals surface area contributed by atoms with Gasteiger partial charge in [-0.2, -0.15) is 0 Å². The number of ether oxygens (including phenoxy) is 4. The van der Waals surface area contributed by atoms with Crippen LogP contribution in [0.1, 0.15) is 0 Å². The van der Waals surface area contributed by atoms with Crippen molar-refractivity contribution in [3.05, 3.63) is 48.5 Å². The molecule has 146 valence electrons. The van der Waals surface area contributed by atoms with Crippen LogP contribution in [-0.2, 0) is 9.59 Å². The van der Waals surface area contributed by atoms with Crippen LogP contribution in [0.3, 0.4) is 0 Å². The zero-order chi connectivity index (χ0) is 19.3. The fourth-order valence-electron chi connectivity index (χ4n) is 2.90. The van der Waals surface area contributed by atoms with Gasteiger partial charge in [0.25, 0.3) is 0 Å². The summed E-state index contributed by atoms with van der Waals surface area (Å²) in [6, 6.07) is 14.6. The molecule has 0 fully saturated rings. The summed E-state index contributed by atoms with van der Waals surface area (Å²) in [5.41, 5.74) is 0. The Morgan fingerprint density at radius 2 is 1.11 bits per heavy atom. The van der Waals surface area contributed by atoms with E-state index in [9.17, 15) is 9.59 Å². The highest BCUT2D eigenvalue weighted by Crippen LogP contribution is 2.31. The van der Waals surface area contributed by atoms with Crippen LogP contribution in [0.15, 0.2) is 48.5 Å². The summed E-state index contributed by atoms with van der Waals surface area (Å²) in [5, 5.41) is 5.12. The lowest BCUT2D eigenvalue weighted by Crippen LogP contribution is -2.48. The van der Waals surface area contributed by atoms with Crippen LogP contribution in [0.2, 0.25) is 0 Å². The average Bonchev–Trinajstić information content (AvgIpc) is 2.75. The highest BCUT2D eigenvalue weighted by molar-refractivity contribution is 6.35. The molecule has 2 unspecified atom stereocenters. The van der Waals surface area contributed by atoms with E-state index in [2.05, 4.69) is 10.6 Å². The molecular formula is C20H20N2O6. The molecule has 2 amide bonds. The molecule has 0 radical (unpaired) electrons. The maximum absolute atomic E-state index is 12.0. The SMILES string of the molecule is O=C(NCC1COc2ccccc2O1)C(=O)NCC1COc2ccccc2O1. The average molecular weight is 384 g/mol. The third-order valence-electron chi connectivity index (χ3n) is 4.32. The van der Waals surface area contributed by atoms with Gasteiger partial charge in [0.2, 0.25) is 0 Å². The molecule has 0 saturated heterocycles. The first-order valence-electron chi connectivity index (χ1n) is 9.02. The molecule has 2 aliphatic rings. The number of nitrogens with one attached hydrogen (secondary N) is 2. The van der Waals surface area contributed by atoms with Gasteiger partial charge in [-0.15, -0.1) is 0 Å². The van der Waals surface area contributed by atoms with Gasteiger partial charge >= 0.3 is 11.8 Å². The molecule has 0 spiro atoms. The molecule has 0 aliphatic carbocycles. The molecular weight excluding hydrogens is 364 g/mol. The number of carbonyl (C=O) groups is 2. The Morgan fingerprint density at radius 1 is 0.714 bits per heavy atom. The van der Waals surface area contributed by atoms with E-state index in [0.29, 0.717) is 36.2 Å². The molecule has 0 aromatic heterocycles. The molecule has 0 bridgehead atoms. The van der Waals surface area contributed by atoms with E-state index in [0.717, 1.165) is 0 Å². The lowest BCUT2D eigenvalue weighted by molar-refractivity contribution is -0.139. The van der Waals surface area contributed by atoms with Crippen LogP contribution in [0, 0.1) is 0 Å². The van der Waals surface area contributed by atoms with Crippen LogP contribution in [-0.4, -0.2) is 50.3 Å². The Bertz CT molecular complexity index is 800. The van der Waals surface area contributed by atoms with E-state index in [1.165, 1.54) is 0 Å². The van der Waals surface area contributed by atoms with Gasteiger partial charge in [0.15, 0.2) is 23.0 Å². The van der Waals surface area contributed by atoms with Gasteiger partial charge in [0.05, 0.1) is 13.1 Å². The van der Waals surface area contributed by atoms with E-state index in [4.69, 9.17) is 18.9 Å². The summed E-state index contributed by atoms with van der Waals surface area (Å²) < 4.78 is 22.6. The fraction of sp³-hybridized carbons (Fsp3) is 0.300. The number of hydrogen-bond acceptors (Lipinski definition) is 6. The third-order valence-corrected chi connectivity index (χ3v) is 4.32. The van der Waals surface area contributed by atoms with Crippen LogP contribution in [0.4, 0.5) is 0 Å². The largest absolute Gasteiger partial charge is 0.486 e. The Morgan fingerprint density at radius 3 is 1.54 bits per heavy atom. The summed E-state index contributed by atoms with van der Waals surface area (Å²) in [5.74, 6) is 1.09. The van der Waals surface area contributed by atoms with Crippen molar-refractivity contribution in [1.29, 1.82) is 0 Å². The predicted octanol–water partition coefficient (Wildman–Crippen LogP) is 0.899. The van der Waals surface area contributed by atoms with Gasteiger partial charge < -0.3 is 29.6 Å². The summed E-state index contributed by atoms with van der Waals surface area (Å²) in [6.07, 6.45) is -0.726. The Labute approximate surface area is 161 Å². The van der Waals surface area contributed by atoms with Crippen molar-refractivity contribution >= 4 is 11.8 Å². The Hall–Kier alpha value is -3.42. The minimum absolute atomic E-state index is 0.164. The number of carbonyl (C=O) groups excluding carboxylic acids is 2. The molecule has 2 aromatic rings. The van der Waals surface area contributed by atoms with Gasteiger partial charge in [-0.1, -0.05) is 24.3 Å². The van der Waals surface area contributed by atoms with Gasteiger partial charge in [-0.25, -0.2) is 0 Å². The number of hydrogen-bond donors (Lipinski definition) is 2. The molecule has 0 saturated carbocycles. The van der Waals surface area contributed by atoms with Crippen molar-refractivity contribution in [3.8, 4) is 23.0 Å². The highest BCUT2D eigenvalue weighted by Gasteiger charge is 2.24. The van der Waals surface area contributed by atoms with Crippen molar-refractivity contribution in [2.24, 2.45) is 0 Å². The first kappa shape index (κ1) is 18.0. The number of amides is 2. The number of fused-ring (bicyclic) bond motifs is 2. The lowest BCUT2D eigenvalue weighted by atomic mass is 10.2. The van der Waals surface area contributed by atoms with Gasteiger partial charge in [0, 0.05) is 0 Å². The fourth-order valence-corrected chi connectivity index (χ4v) is 2.90. The molecule has 8 heteroatoms. The summed E-state index contributed by atoms with van der Waals surface area (Å²) in [4.78, 5) is 24.0. The zero-order valence-corrected chi connectivity index (χ0v) is 15.1. The van der Waals surface area contributed by atoms with Gasteiger partial charge in [0.1, 0.15) is 25.4 Å². The summed E-state index contributed by atoms with van der Waals surface area (Å²) in [7, 11) is 0. The van der Waals surface area contributed by atoms with Gasteiger partial charge in [-0.05, 0) is 24.3 Å².